The molecule has 8 nitrogen and oxygen atoms in total. The van der Waals surface area contributed by atoms with Gasteiger partial charge in [-0.3, -0.25) is 14.5 Å². The highest BCUT2D eigenvalue weighted by atomic mass is 16.5. The highest BCUT2D eigenvalue weighted by Gasteiger charge is 2.32. The van der Waals surface area contributed by atoms with Crippen LogP contribution in [0.3, 0.4) is 0 Å². The quantitative estimate of drug-likeness (QED) is 0.381. The molecule has 3 aromatic rings. The Bertz CT molecular complexity index is 1320. The number of fused-ring (bicyclic) bond motifs is 1. The minimum atomic E-state index is -0.599. The van der Waals surface area contributed by atoms with Gasteiger partial charge in [0.25, 0.3) is 5.91 Å². The molecule has 1 unspecified atom stereocenters. The van der Waals surface area contributed by atoms with Crippen LogP contribution in [-0.4, -0.2) is 40.9 Å². The van der Waals surface area contributed by atoms with Gasteiger partial charge in [0, 0.05) is 44.0 Å². The number of aromatic nitrogens is 2. The Morgan fingerprint density at radius 3 is 2.47 bits per heavy atom. The number of nitrogens with zero attached hydrogens (tertiary/aromatic N) is 3. The Labute approximate surface area is 224 Å². The van der Waals surface area contributed by atoms with Gasteiger partial charge in [-0.25, -0.2) is 0 Å². The van der Waals surface area contributed by atoms with Gasteiger partial charge in [0.1, 0.15) is 11.7 Å². The number of hydrogen-bond acceptors (Lipinski definition) is 4. The molecule has 0 radical (unpaired) electrons. The molecule has 2 N–H and O–H groups in total. The molecule has 1 aromatic carbocycles. The van der Waals surface area contributed by atoms with Crippen molar-refractivity contribution in [2.45, 2.75) is 65.1 Å². The number of nitrogens with one attached hydrogen (secondary N) is 2. The lowest BCUT2D eigenvalue weighted by Gasteiger charge is -2.31. The van der Waals surface area contributed by atoms with E-state index in [-0.39, 0.29) is 17.7 Å². The highest BCUT2D eigenvalue weighted by molar-refractivity contribution is 6.01. The fraction of sp³-hybridized carbons (Fsp3) is 0.433. The summed E-state index contributed by atoms with van der Waals surface area (Å²) < 4.78 is 2.94. The maximum absolute atomic E-state index is 13.6. The van der Waals surface area contributed by atoms with Crippen LogP contribution >= 0.6 is 0 Å². The first-order valence-corrected chi connectivity index (χ1v) is 13.6. The molecule has 1 aliphatic heterocycles. The van der Waals surface area contributed by atoms with Crippen LogP contribution in [-0.2, 0) is 17.9 Å². The molecule has 1 saturated carbocycles. The minimum absolute atomic E-state index is 0.107. The van der Waals surface area contributed by atoms with Gasteiger partial charge in [0.05, 0.1) is 5.56 Å². The van der Waals surface area contributed by atoms with Crippen LogP contribution in [0, 0.1) is 25.0 Å². The summed E-state index contributed by atoms with van der Waals surface area (Å²) in [6.45, 7) is 6.26. The normalized spacial score (nSPS) is 17.0. The summed E-state index contributed by atoms with van der Waals surface area (Å²) in [5.41, 5.74) is 5.88. The summed E-state index contributed by atoms with van der Waals surface area (Å²) in [6.07, 6.45) is 6.68. The van der Waals surface area contributed by atoms with Crippen molar-refractivity contribution in [3.63, 3.8) is 0 Å². The third-order valence-electron chi connectivity index (χ3n) is 8.12. The first kappa shape index (κ1) is 26.0. The van der Waals surface area contributed by atoms with Crippen LogP contribution in [0.15, 0.2) is 48.7 Å². The fourth-order valence-corrected chi connectivity index (χ4v) is 5.96. The topological polar surface area (TPSA) is 93.3 Å². The maximum Gasteiger partial charge on any atom is 0.268 e. The van der Waals surface area contributed by atoms with Crippen molar-refractivity contribution in [3.8, 4) is 11.1 Å². The van der Waals surface area contributed by atoms with Crippen LogP contribution < -0.4 is 15.4 Å². The molecule has 0 saturated heterocycles. The number of hydrogen-bond donors (Lipinski definition) is 2. The van der Waals surface area contributed by atoms with E-state index in [1.54, 1.807) is 0 Å². The monoisotopic (exact) mass is 515 g/mol. The number of rotatable bonds is 6. The molecule has 0 bridgehead atoms. The molecular weight excluding hydrogens is 478 g/mol. The van der Waals surface area contributed by atoms with Crippen molar-refractivity contribution in [1.29, 1.82) is 0 Å². The number of aryl methyl sites for hydroxylation is 1. The molecule has 5 rings (SSSR count). The van der Waals surface area contributed by atoms with Crippen molar-refractivity contribution in [3.05, 3.63) is 76.5 Å². The van der Waals surface area contributed by atoms with Crippen molar-refractivity contribution < 1.29 is 14.3 Å². The minimum Gasteiger partial charge on any atom is -0.618 e. The Morgan fingerprint density at radius 1 is 1.00 bits per heavy atom. The summed E-state index contributed by atoms with van der Waals surface area (Å²) >= 11 is 0. The summed E-state index contributed by atoms with van der Waals surface area (Å²) in [7, 11) is 2.08. The number of carbonyl (C=O) groups excluding carboxylic acids is 2. The van der Waals surface area contributed by atoms with Crippen LogP contribution in [0.4, 0.5) is 5.69 Å². The summed E-state index contributed by atoms with van der Waals surface area (Å²) in [5.74, 6) is -0.272. The van der Waals surface area contributed by atoms with Crippen molar-refractivity contribution in [2.24, 2.45) is 5.92 Å². The van der Waals surface area contributed by atoms with Crippen LogP contribution in [0.5, 0.6) is 0 Å². The molecule has 1 fully saturated rings. The van der Waals surface area contributed by atoms with E-state index in [1.165, 1.54) is 12.6 Å². The maximum atomic E-state index is 13.6. The second kappa shape index (κ2) is 11.0. The third kappa shape index (κ3) is 5.31. The van der Waals surface area contributed by atoms with Crippen LogP contribution in [0.2, 0.25) is 0 Å². The highest BCUT2D eigenvalue weighted by Crippen LogP contribution is 2.29. The summed E-state index contributed by atoms with van der Waals surface area (Å²) in [6, 6.07) is 12.6. The van der Waals surface area contributed by atoms with Gasteiger partial charge in [0.2, 0.25) is 5.91 Å². The zero-order chi connectivity index (χ0) is 26.8. The van der Waals surface area contributed by atoms with Crippen molar-refractivity contribution in [1.82, 2.24) is 14.8 Å². The van der Waals surface area contributed by atoms with Crippen LogP contribution in [0.1, 0.15) is 59.5 Å². The lowest BCUT2D eigenvalue weighted by Crippen LogP contribution is -2.49. The molecule has 2 aromatic heterocycles. The van der Waals surface area contributed by atoms with Gasteiger partial charge in [-0.05, 0) is 68.1 Å². The number of benzene rings is 1. The Hall–Kier alpha value is -3.65. The predicted molar refractivity (Wildman–Crippen MR) is 148 cm³/mol. The van der Waals surface area contributed by atoms with Gasteiger partial charge in [-0.15, -0.1) is 0 Å². The molecule has 3 heterocycles. The number of pyridine rings is 1. The summed E-state index contributed by atoms with van der Waals surface area (Å²) in [5, 5.41) is 18.2. The van der Waals surface area contributed by atoms with Crippen LogP contribution in [0.25, 0.3) is 11.1 Å². The van der Waals surface area contributed by atoms with E-state index in [0.29, 0.717) is 17.1 Å². The molecule has 8 heteroatoms. The predicted octanol–water partition coefficient (Wildman–Crippen LogP) is 4.17. The van der Waals surface area contributed by atoms with E-state index in [4.69, 9.17) is 0 Å². The number of likely N-dealkylation sites (N-methyl/N-ethyl adjacent to an activating group) is 1. The lowest BCUT2D eigenvalue weighted by molar-refractivity contribution is -0.611. The summed E-state index contributed by atoms with van der Waals surface area (Å²) in [4.78, 5) is 29.2. The van der Waals surface area contributed by atoms with E-state index >= 15 is 0 Å². The van der Waals surface area contributed by atoms with Crippen molar-refractivity contribution in [2.75, 3.05) is 18.9 Å². The molecule has 1 atom stereocenters. The van der Waals surface area contributed by atoms with Gasteiger partial charge in [-0.2, -0.15) is 4.73 Å². The molecule has 0 spiro atoms. The van der Waals surface area contributed by atoms with Gasteiger partial charge in [0.15, 0.2) is 11.9 Å². The molecule has 1 aliphatic carbocycles. The smallest absolute Gasteiger partial charge is 0.268 e. The average molecular weight is 516 g/mol. The molecule has 200 valence electrons. The van der Waals surface area contributed by atoms with Gasteiger partial charge in [-0.1, -0.05) is 31.4 Å². The largest absolute Gasteiger partial charge is 0.618 e. The van der Waals surface area contributed by atoms with E-state index in [9.17, 15) is 14.8 Å². The number of anilines is 1. The Morgan fingerprint density at radius 2 is 1.74 bits per heavy atom. The molecule has 2 aliphatic rings. The molecular formula is C30H37N5O3. The SMILES string of the molecule is Cc1cc[n+]([O-])c(C)c1-c1ccc(NC(=O)C(NC(=O)c2ccc3n2CCN(C)C3)C2CCCCC2)cc1. The first-order chi connectivity index (χ1) is 18.3. The molecule has 38 heavy (non-hydrogen) atoms. The van der Waals surface area contributed by atoms with E-state index in [0.717, 1.165) is 72.4 Å². The Kier molecular flexibility index (Phi) is 7.51. The van der Waals surface area contributed by atoms with E-state index in [1.807, 2.05) is 56.3 Å². The average Bonchev–Trinajstić information content (AvgIpc) is 3.34. The first-order valence-electron chi connectivity index (χ1n) is 13.6. The third-order valence-corrected chi connectivity index (χ3v) is 8.12. The van der Waals surface area contributed by atoms with Crippen molar-refractivity contribution >= 4 is 17.5 Å². The fourth-order valence-electron chi connectivity index (χ4n) is 5.96. The second-order valence-electron chi connectivity index (χ2n) is 10.8. The Balaban J connectivity index is 1.34. The zero-order valence-electron chi connectivity index (χ0n) is 22.5. The van der Waals surface area contributed by atoms with E-state index in [2.05, 4.69) is 27.1 Å². The lowest BCUT2D eigenvalue weighted by atomic mass is 9.83. The number of carbonyl (C=O) groups is 2. The zero-order valence-corrected chi connectivity index (χ0v) is 22.5. The molecule has 2 amide bonds. The standard InChI is InChI=1S/C30H37N5O3/c1-20-15-16-35(38)21(2)27(20)22-9-11-24(12-10-22)31-30(37)28(23-7-5-4-6-8-23)32-29(36)26-14-13-25-19-33(3)17-18-34(25)26/h9-16,23,28H,4-8,17-19H2,1-3H3,(H,31,37)(H,32,36). The van der Waals surface area contributed by atoms with Gasteiger partial charge >= 0.3 is 0 Å². The second-order valence-corrected chi connectivity index (χ2v) is 10.8. The van der Waals surface area contributed by atoms with Gasteiger partial charge < -0.3 is 20.4 Å². The van der Waals surface area contributed by atoms with E-state index < -0.39 is 6.04 Å². The number of amides is 2.